The Bertz CT molecular complexity index is 622. The highest BCUT2D eigenvalue weighted by molar-refractivity contribution is 6.08. The standard InChI is InChI=1S/C17H16N2O/c1-13-18-16(20)17(19(13)2,14-9-5-3-6-10-14)15-11-7-4-8-12-15/h3-12H,1-2H3. The molecular formula is C17H16N2O. The van der Waals surface area contributed by atoms with Crippen molar-refractivity contribution >= 4 is 11.7 Å². The fourth-order valence-electron chi connectivity index (χ4n) is 2.85. The lowest BCUT2D eigenvalue weighted by Crippen LogP contribution is -2.47. The van der Waals surface area contributed by atoms with Crippen molar-refractivity contribution in [2.24, 2.45) is 4.99 Å². The highest BCUT2D eigenvalue weighted by Gasteiger charge is 2.50. The number of amidine groups is 1. The van der Waals surface area contributed by atoms with Gasteiger partial charge in [-0.2, -0.15) is 4.99 Å². The average molecular weight is 264 g/mol. The van der Waals surface area contributed by atoms with Gasteiger partial charge in [0, 0.05) is 7.05 Å². The molecule has 2 aromatic rings. The van der Waals surface area contributed by atoms with E-state index in [-0.39, 0.29) is 5.91 Å². The van der Waals surface area contributed by atoms with Crippen molar-refractivity contribution in [2.45, 2.75) is 12.5 Å². The number of rotatable bonds is 2. The largest absolute Gasteiger partial charge is 0.341 e. The molecule has 2 aromatic carbocycles. The number of amides is 1. The Morgan fingerprint density at radius 1 is 0.900 bits per heavy atom. The molecular weight excluding hydrogens is 248 g/mol. The van der Waals surface area contributed by atoms with Gasteiger partial charge >= 0.3 is 0 Å². The van der Waals surface area contributed by atoms with Crippen molar-refractivity contribution in [3.63, 3.8) is 0 Å². The minimum atomic E-state index is -0.841. The third kappa shape index (κ3) is 1.59. The Kier molecular flexibility index (Phi) is 2.90. The van der Waals surface area contributed by atoms with Crippen LogP contribution in [0.2, 0.25) is 0 Å². The van der Waals surface area contributed by atoms with E-state index in [1.165, 1.54) is 0 Å². The molecule has 1 heterocycles. The summed E-state index contributed by atoms with van der Waals surface area (Å²) in [7, 11) is 1.92. The molecule has 0 spiro atoms. The van der Waals surface area contributed by atoms with E-state index in [1.807, 2.05) is 79.5 Å². The van der Waals surface area contributed by atoms with Crippen LogP contribution < -0.4 is 0 Å². The molecule has 0 N–H and O–H groups in total. The lowest BCUT2D eigenvalue weighted by molar-refractivity contribution is -0.123. The minimum absolute atomic E-state index is 0.130. The Morgan fingerprint density at radius 2 is 1.35 bits per heavy atom. The lowest BCUT2D eigenvalue weighted by atomic mass is 9.81. The van der Waals surface area contributed by atoms with Crippen molar-refractivity contribution < 1.29 is 4.79 Å². The van der Waals surface area contributed by atoms with E-state index in [0.717, 1.165) is 17.0 Å². The van der Waals surface area contributed by atoms with Gasteiger partial charge in [-0.1, -0.05) is 60.7 Å². The van der Waals surface area contributed by atoms with Crippen LogP contribution in [0.3, 0.4) is 0 Å². The molecule has 0 atom stereocenters. The monoisotopic (exact) mass is 264 g/mol. The van der Waals surface area contributed by atoms with Crippen molar-refractivity contribution in [3.8, 4) is 0 Å². The molecule has 3 heteroatoms. The summed E-state index contributed by atoms with van der Waals surface area (Å²) in [5.41, 5.74) is 1.05. The fraction of sp³-hybridized carbons (Fsp3) is 0.176. The first-order valence-corrected chi connectivity index (χ1v) is 6.62. The van der Waals surface area contributed by atoms with Gasteiger partial charge in [0.2, 0.25) is 0 Å². The van der Waals surface area contributed by atoms with Gasteiger partial charge < -0.3 is 4.90 Å². The third-order valence-electron chi connectivity index (χ3n) is 3.94. The number of carbonyl (C=O) groups is 1. The van der Waals surface area contributed by atoms with Gasteiger partial charge in [-0.05, 0) is 18.1 Å². The van der Waals surface area contributed by atoms with E-state index in [2.05, 4.69) is 4.99 Å². The van der Waals surface area contributed by atoms with E-state index >= 15 is 0 Å². The second-order valence-corrected chi connectivity index (χ2v) is 4.97. The Balaban J connectivity index is 2.28. The molecule has 1 aliphatic heterocycles. The number of carbonyl (C=O) groups excluding carboxylic acids is 1. The highest BCUT2D eigenvalue weighted by Crippen LogP contribution is 2.39. The zero-order valence-corrected chi connectivity index (χ0v) is 11.6. The molecule has 0 fully saturated rings. The minimum Gasteiger partial charge on any atom is -0.341 e. The first-order valence-electron chi connectivity index (χ1n) is 6.62. The molecule has 0 radical (unpaired) electrons. The second-order valence-electron chi connectivity index (χ2n) is 4.97. The molecule has 20 heavy (non-hydrogen) atoms. The molecule has 0 unspecified atom stereocenters. The van der Waals surface area contributed by atoms with Crippen molar-refractivity contribution in [2.75, 3.05) is 7.05 Å². The van der Waals surface area contributed by atoms with Gasteiger partial charge in [0.15, 0.2) is 5.54 Å². The Hall–Kier alpha value is -2.42. The predicted molar refractivity (Wildman–Crippen MR) is 79.5 cm³/mol. The Morgan fingerprint density at radius 3 is 1.70 bits per heavy atom. The van der Waals surface area contributed by atoms with Crippen LogP contribution >= 0.6 is 0 Å². The fourth-order valence-corrected chi connectivity index (χ4v) is 2.85. The van der Waals surface area contributed by atoms with Crippen LogP contribution in [-0.4, -0.2) is 23.7 Å². The number of aliphatic imine (C=N–C) groups is 1. The molecule has 0 saturated heterocycles. The van der Waals surface area contributed by atoms with Crippen LogP contribution in [0.15, 0.2) is 65.7 Å². The second kappa shape index (κ2) is 4.60. The molecule has 0 saturated carbocycles. The summed E-state index contributed by atoms with van der Waals surface area (Å²) < 4.78 is 0. The zero-order chi connectivity index (χ0) is 14.2. The topological polar surface area (TPSA) is 32.7 Å². The predicted octanol–water partition coefficient (Wildman–Crippen LogP) is 2.82. The van der Waals surface area contributed by atoms with Crippen LogP contribution in [0.25, 0.3) is 0 Å². The van der Waals surface area contributed by atoms with E-state index in [0.29, 0.717) is 0 Å². The van der Waals surface area contributed by atoms with Gasteiger partial charge in [-0.25, -0.2) is 0 Å². The van der Waals surface area contributed by atoms with E-state index in [1.54, 1.807) is 0 Å². The number of benzene rings is 2. The van der Waals surface area contributed by atoms with Crippen LogP contribution in [0.5, 0.6) is 0 Å². The SMILES string of the molecule is CC1=NC(=O)C(c2ccccc2)(c2ccccc2)N1C. The van der Waals surface area contributed by atoms with Crippen LogP contribution in [0.4, 0.5) is 0 Å². The maximum absolute atomic E-state index is 12.7. The molecule has 100 valence electrons. The summed E-state index contributed by atoms with van der Waals surface area (Å²) in [6.07, 6.45) is 0. The van der Waals surface area contributed by atoms with Crippen LogP contribution in [0.1, 0.15) is 18.1 Å². The maximum atomic E-state index is 12.7. The average Bonchev–Trinajstić information content (AvgIpc) is 2.72. The van der Waals surface area contributed by atoms with Gasteiger partial charge in [-0.15, -0.1) is 0 Å². The summed E-state index contributed by atoms with van der Waals surface area (Å²) in [4.78, 5) is 18.8. The molecule has 0 aliphatic carbocycles. The molecule has 1 aliphatic rings. The van der Waals surface area contributed by atoms with Crippen molar-refractivity contribution in [3.05, 3.63) is 71.8 Å². The smallest absolute Gasteiger partial charge is 0.282 e. The van der Waals surface area contributed by atoms with E-state index < -0.39 is 5.54 Å². The molecule has 1 amide bonds. The summed E-state index contributed by atoms with van der Waals surface area (Å²) in [6, 6.07) is 19.6. The first kappa shape index (κ1) is 12.6. The van der Waals surface area contributed by atoms with Gasteiger partial charge in [0.05, 0.1) is 0 Å². The van der Waals surface area contributed by atoms with Gasteiger partial charge in [-0.3, -0.25) is 4.79 Å². The Labute approximate surface area is 118 Å². The molecule has 3 rings (SSSR count). The normalized spacial score (nSPS) is 17.2. The molecule has 0 aromatic heterocycles. The number of hydrogen-bond donors (Lipinski definition) is 0. The number of nitrogens with zero attached hydrogens (tertiary/aromatic N) is 2. The molecule has 0 bridgehead atoms. The lowest BCUT2D eigenvalue weighted by Gasteiger charge is -2.36. The first-order chi connectivity index (χ1) is 9.67. The maximum Gasteiger partial charge on any atom is 0.282 e. The van der Waals surface area contributed by atoms with E-state index in [9.17, 15) is 4.79 Å². The van der Waals surface area contributed by atoms with Crippen LogP contribution in [0, 0.1) is 0 Å². The third-order valence-corrected chi connectivity index (χ3v) is 3.94. The number of likely N-dealkylation sites (N-methyl/N-ethyl adjacent to an activating group) is 1. The summed E-state index contributed by atoms with van der Waals surface area (Å²) in [5, 5.41) is 0. The summed E-state index contributed by atoms with van der Waals surface area (Å²) in [6.45, 7) is 1.87. The summed E-state index contributed by atoms with van der Waals surface area (Å²) >= 11 is 0. The molecule has 3 nitrogen and oxygen atoms in total. The van der Waals surface area contributed by atoms with Crippen molar-refractivity contribution in [1.29, 1.82) is 0 Å². The van der Waals surface area contributed by atoms with Gasteiger partial charge in [0.25, 0.3) is 5.91 Å². The zero-order valence-electron chi connectivity index (χ0n) is 11.6. The van der Waals surface area contributed by atoms with Gasteiger partial charge in [0.1, 0.15) is 5.84 Å². The van der Waals surface area contributed by atoms with E-state index in [4.69, 9.17) is 0 Å². The number of hydrogen-bond acceptors (Lipinski definition) is 2. The quantitative estimate of drug-likeness (QED) is 0.835. The summed E-state index contributed by atoms with van der Waals surface area (Å²) in [5.74, 6) is 0.609. The van der Waals surface area contributed by atoms with Crippen molar-refractivity contribution in [1.82, 2.24) is 4.90 Å². The van der Waals surface area contributed by atoms with Crippen LogP contribution in [-0.2, 0) is 10.3 Å². The highest BCUT2D eigenvalue weighted by atomic mass is 16.2.